The number of rotatable bonds is 9. The number of nitrogens with zero attached hydrogens (tertiary/aromatic N) is 2. The molecule has 3 rings (SSSR count). The highest BCUT2D eigenvalue weighted by molar-refractivity contribution is 7.99. The molecule has 0 saturated carbocycles. The third kappa shape index (κ3) is 6.80. The van der Waals surface area contributed by atoms with Crippen molar-refractivity contribution in [1.29, 1.82) is 0 Å². The number of benzene rings is 2. The van der Waals surface area contributed by atoms with Gasteiger partial charge in [0.2, 0.25) is 5.91 Å². The fourth-order valence-electron chi connectivity index (χ4n) is 2.81. The maximum atomic E-state index is 13.0. The van der Waals surface area contributed by atoms with Gasteiger partial charge < -0.3 is 10.6 Å². The monoisotopic (exact) mass is 454 g/mol. The van der Waals surface area contributed by atoms with E-state index in [2.05, 4.69) is 27.5 Å². The number of nitrogens with one attached hydrogen (secondary N) is 2. The molecule has 1 heterocycles. The summed E-state index contributed by atoms with van der Waals surface area (Å²) in [5.41, 5.74) is 1.63. The van der Waals surface area contributed by atoms with Crippen molar-refractivity contribution in [1.82, 2.24) is 15.3 Å². The summed E-state index contributed by atoms with van der Waals surface area (Å²) in [6.45, 7) is 2.05. The Morgan fingerprint density at radius 3 is 2.42 bits per heavy atom. The number of carbonyl (C=O) groups excluding carboxylic acids is 2. The Balaban J connectivity index is 1.80. The predicted octanol–water partition coefficient (Wildman–Crippen LogP) is 4.61. The lowest BCUT2D eigenvalue weighted by molar-refractivity contribution is -0.118. The predicted molar refractivity (Wildman–Crippen MR) is 125 cm³/mol. The van der Waals surface area contributed by atoms with E-state index < -0.39 is 11.9 Å². The average molecular weight is 455 g/mol. The molecule has 0 bridgehead atoms. The molecule has 160 valence electrons. The van der Waals surface area contributed by atoms with E-state index in [4.69, 9.17) is 11.6 Å². The molecule has 3 aromatic rings. The second-order valence-electron chi connectivity index (χ2n) is 6.77. The first-order chi connectivity index (χ1) is 15.1. The van der Waals surface area contributed by atoms with Gasteiger partial charge in [-0.25, -0.2) is 9.97 Å². The van der Waals surface area contributed by atoms with Crippen LogP contribution in [0.5, 0.6) is 0 Å². The van der Waals surface area contributed by atoms with Crippen molar-refractivity contribution in [2.24, 2.45) is 0 Å². The molecule has 0 radical (unpaired) electrons. The van der Waals surface area contributed by atoms with E-state index in [0.29, 0.717) is 17.3 Å². The zero-order chi connectivity index (χ0) is 22.1. The van der Waals surface area contributed by atoms with Crippen LogP contribution in [0.25, 0.3) is 0 Å². The Labute approximate surface area is 190 Å². The summed E-state index contributed by atoms with van der Waals surface area (Å²) < 4.78 is 0. The molecule has 1 atom stereocenters. The van der Waals surface area contributed by atoms with Gasteiger partial charge in [0.25, 0.3) is 5.91 Å². The second-order valence-corrected chi connectivity index (χ2v) is 8.24. The van der Waals surface area contributed by atoms with E-state index in [1.165, 1.54) is 18.0 Å². The molecule has 6 nitrogen and oxygen atoms in total. The van der Waals surface area contributed by atoms with Crippen LogP contribution in [0.3, 0.4) is 0 Å². The van der Waals surface area contributed by atoms with Crippen molar-refractivity contribution in [3.63, 3.8) is 0 Å². The van der Waals surface area contributed by atoms with Gasteiger partial charge in [0.15, 0.2) is 10.9 Å². The van der Waals surface area contributed by atoms with Crippen molar-refractivity contribution in [3.05, 3.63) is 83.1 Å². The lowest BCUT2D eigenvalue weighted by Gasteiger charge is -2.19. The van der Waals surface area contributed by atoms with Crippen LogP contribution in [-0.4, -0.2) is 33.6 Å². The van der Waals surface area contributed by atoms with Crippen molar-refractivity contribution in [2.75, 3.05) is 11.1 Å². The van der Waals surface area contributed by atoms with E-state index in [1.807, 2.05) is 48.5 Å². The van der Waals surface area contributed by atoms with Gasteiger partial charge in [-0.05, 0) is 24.1 Å². The summed E-state index contributed by atoms with van der Waals surface area (Å²) >= 11 is 7.63. The van der Waals surface area contributed by atoms with E-state index in [9.17, 15) is 9.59 Å². The summed E-state index contributed by atoms with van der Waals surface area (Å²) in [6.07, 6.45) is 2.69. The fourth-order valence-corrected chi connectivity index (χ4v) is 3.66. The maximum Gasteiger partial charge on any atom is 0.272 e. The van der Waals surface area contributed by atoms with E-state index in [0.717, 1.165) is 17.7 Å². The average Bonchev–Trinajstić information content (AvgIpc) is 2.79. The van der Waals surface area contributed by atoms with Crippen molar-refractivity contribution in [2.45, 2.75) is 31.0 Å². The number of hydrogen-bond acceptors (Lipinski definition) is 5. The third-order valence-corrected chi connectivity index (χ3v) is 5.66. The summed E-state index contributed by atoms with van der Waals surface area (Å²) in [7, 11) is 0. The number of halogens is 1. The third-order valence-electron chi connectivity index (χ3n) is 4.32. The molecular weight excluding hydrogens is 432 g/mol. The Morgan fingerprint density at radius 1 is 1.06 bits per heavy atom. The maximum absolute atomic E-state index is 13.0. The quantitative estimate of drug-likeness (QED) is 0.364. The van der Waals surface area contributed by atoms with Gasteiger partial charge in [0.05, 0.1) is 11.2 Å². The summed E-state index contributed by atoms with van der Waals surface area (Å²) in [5, 5.41) is 6.26. The van der Waals surface area contributed by atoms with Crippen molar-refractivity contribution in [3.8, 4) is 0 Å². The standard InChI is InChI=1S/C23H23ClN4O2S/c1-2-13-31-23-25-15-18(24)20(28-23)22(30)27-19(14-16-9-5-3-6-10-16)21(29)26-17-11-7-4-8-12-17/h3-12,15,19H,2,13-14H2,1H3,(H,26,29)(H,27,30)/t19-/m0/s1. The minimum atomic E-state index is -0.812. The number of anilines is 1. The highest BCUT2D eigenvalue weighted by Gasteiger charge is 2.24. The first-order valence-electron chi connectivity index (χ1n) is 9.93. The van der Waals surface area contributed by atoms with E-state index in [1.54, 1.807) is 12.1 Å². The smallest absolute Gasteiger partial charge is 0.272 e. The summed E-state index contributed by atoms with van der Waals surface area (Å²) in [6, 6.07) is 17.8. The minimum Gasteiger partial charge on any atom is -0.338 e. The Hall–Kier alpha value is -2.90. The first-order valence-corrected chi connectivity index (χ1v) is 11.3. The van der Waals surface area contributed by atoms with Crippen LogP contribution in [-0.2, 0) is 11.2 Å². The zero-order valence-corrected chi connectivity index (χ0v) is 18.6. The number of carbonyl (C=O) groups is 2. The van der Waals surface area contributed by atoms with Gasteiger partial charge in [-0.2, -0.15) is 0 Å². The number of amides is 2. The fraction of sp³-hybridized carbons (Fsp3) is 0.217. The molecular formula is C23H23ClN4O2S. The van der Waals surface area contributed by atoms with Gasteiger partial charge in [-0.15, -0.1) is 0 Å². The number of hydrogen-bond donors (Lipinski definition) is 2. The molecule has 2 amide bonds. The SMILES string of the molecule is CCCSc1ncc(Cl)c(C(=O)N[C@@H](Cc2ccccc2)C(=O)Nc2ccccc2)n1. The van der Waals surface area contributed by atoms with Gasteiger partial charge >= 0.3 is 0 Å². The Kier molecular flexibility index (Phi) is 8.44. The number of para-hydroxylation sites is 1. The van der Waals surface area contributed by atoms with Crippen LogP contribution in [0.15, 0.2) is 72.0 Å². The van der Waals surface area contributed by atoms with Gasteiger partial charge in [-0.3, -0.25) is 9.59 Å². The van der Waals surface area contributed by atoms with Crippen LogP contribution in [0.2, 0.25) is 5.02 Å². The van der Waals surface area contributed by atoms with E-state index in [-0.39, 0.29) is 16.6 Å². The highest BCUT2D eigenvalue weighted by atomic mass is 35.5. The van der Waals surface area contributed by atoms with Crippen LogP contribution < -0.4 is 10.6 Å². The summed E-state index contributed by atoms with van der Waals surface area (Å²) in [4.78, 5) is 34.4. The van der Waals surface area contributed by atoms with Crippen LogP contribution in [0.1, 0.15) is 29.4 Å². The number of thioether (sulfide) groups is 1. The lowest BCUT2D eigenvalue weighted by Crippen LogP contribution is -2.45. The number of aromatic nitrogens is 2. The first kappa shape index (κ1) is 22.8. The highest BCUT2D eigenvalue weighted by Crippen LogP contribution is 2.19. The topological polar surface area (TPSA) is 84.0 Å². The van der Waals surface area contributed by atoms with Crippen molar-refractivity contribution < 1.29 is 9.59 Å². The molecule has 1 aromatic heterocycles. The molecule has 0 saturated heterocycles. The molecule has 31 heavy (non-hydrogen) atoms. The molecule has 2 N–H and O–H groups in total. The van der Waals surface area contributed by atoms with Crippen molar-refractivity contribution >= 4 is 40.9 Å². The largest absolute Gasteiger partial charge is 0.338 e. The molecule has 0 aliphatic carbocycles. The van der Waals surface area contributed by atoms with Gasteiger partial charge in [0.1, 0.15) is 6.04 Å². The molecule has 0 spiro atoms. The van der Waals surface area contributed by atoms with Gasteiger partial charge in [0, 0.05) is 17.9 Å². The molecule has 8 heteroatoms. The Bertz CT molecular complexity index is 1020. The van der Waals surface area contributed by atoms with E-state index >= 15 is 0 Å². The van der Waals surface area contributed by atoms with Crippen LogP contribution >= 0.6 is 23.4 Å². The molecule has 0 aliphatic rings. The van der Waals surface area contributed by atoms with Crippen LogP contribution in [0, 0.1) is 0 Å². The lowest BCUT2D eigenvalue weighted by atomic mass is 10.0. The van der Waals surface area contributed by atoms with Crippen LogP contribution in [0.4, 0.5) is 5.69 Å². The Morgan fingerprint density at radius 2 is 1.74 bits per heavy atom. The second kappa shape index (κ2) is 11.5. The summed E-state index contributed by atoms with van der Waals surface area (Å²) in [5.74, 6) is -0.0113. The normalized spacial score (nSPS) is 11.5. The molecule has 2 aromatic carbocycles. The molecule has 0 fully saturated rings. The molecule has 0 aliphatic heterocycles. The molecule has 0 unspecified atom stereocenters. The zero-order valence-electron chi connectivity index (χ0n) is 17.0. The van der Waals surface area contributed by atoms with Gasteiger partial charge in [-0.1, -0.05) is 78.8 Å². The minimum absolute atomic E-state index is 0.0563.